The number of quaternary nitrogens is 2. The average molecular weight is 333 g/mol. The Labute approximate surface area is 139 Å². The van der Waals surface area contributed by atoms with Crippen LogP contribution in [0.3, 0.4) is 0 Å². The summed E-state index contributed by atoms with van der Waals surface area (Å²) in [4.78, 5) is 24.7. The van der Waals surface area contributed by atoms with Gasteiger partial charge in [0, 0.05) is 11.8 Å². The van der Waals surface area contributed by atoms with Crippen molar-refractivity contribution in [3.05, 3.63) is 26.6 Å². The summed E-state index contributed by atoms with van der Waals surface area (Å²) in [6.07, 6.45) is 0. The van der Waals surface area contributed by atoms with Crippen LogP contribution in [-0.4, -0.2) is 42.2 Å². The van der Waals surface area contributed by atoms with Crippen LogP contribution in [0.25, 0.3) is 10.2 Å². The standard InChI is InChI=1S/C16H21N5OS/c1-10(8-17)21-6-4-20(5-7-21)9-13-18-15(22)14-11(2)12(3)23-16(14)19-13/h10H,4-7,9H2,1-3H3,(H,18,19,22)/p+2/t10-/m1/s1. The normalized spacial score (nSPS) is 22.9. The van der Waals surface area contributed by atoms with Gasteiger partial charge in [-0.05, 0) is 19.4 Å². The third-order valence-corrected chi connectivity index (χ3v) is 6.01. The number of aryl methyl sites for hydroxylation is 2. The Morgan fingerprint density at radius 2 is 2.04 bits per heavy atom. The topological polar surface area (TPSA) is 78.4 Å². The molecule has 0 saturated carbocycles. The summed E-state index contributed by atoms with van der Waals surface area (Å²) in [6, 6.07) is 2.39. The Hall–Kier alpha value is -1.75. The van der Waals surface area contributed by atoms with Gasteiger partial charge in [0.25, 0.3) is 5.56 Å². The Kier molecular flexibility index (Phi) is 4.48. The molecule has 1 atom stereocenters. The van der Waals surface area contributed by atoms with E-state index in [9.17, 15) is 4.79 Å². The summed E-state index contributed by atoms with van der Waals surface area (Å²) in [6.45, 7) is 10.7. The summed E-state index contributed by atoms with van der Waals surface area (Å²) in [7, 11) is 0. The Balaban J connectivity index is 1.74. The molecule has 0 radical (unpaired) electrons. The van der Waals surface area contributed by atoms with E-state index in [2.05, 4.69) is 16.0 Å². The van der Waals surface area contributed by atoms with Gasteiger partial charge in [0.05, 0.1) is 5.39 Å². The van der Waals surface area contributed by atoms with Gasteiger partial charge in [0.2, 0.25) is 0 Å². The molecule has 2 aromatic heterocycles. The number of H-pyrrole nitrogens is 1. The van der Waals surface area contributed by atoms with Crippen LogP contribution in [0.5, 0.6) is 0 Å². The first-order chi connectivity index (χ1) is 11.0. The van der Waals surface area contributed by atoms with Gasteiger partial charge >= 0.3 is 0 Å². The fraction of sp³-hybridized carbons (Fsp3) is 0.562. The highest BCUT2D eigenvalue weighted by atomic mass is 32.1. The van der Waals surface area contributed by atoms with E-state index in [4.69, 9.17) is 5.26 Å². The second-order valence-electron chi connectivity index (χ2n) is 6.41. The quantitative estimate of drug-likeness (QED) is 0.660. The molecule has 1 aliphatic rings. The number of nitrogens with one attached hydrogen (secondary N) is 3. The number of hydrogen-bond donors (Lipinski definition) is 3. The molecule has 6 nitrogen and oxygen atoms in total. The van der Waals surface area contributed by atoms with E-state index < -0.39 is 0 Å². The summed E-state index contributed by atoms with van der Waals surface area (Å²) < 4.78 is 0. The van der Waals surface area contributed by atoms with Crippen LogP contribution in [-0.2, 0) is 6.54 Å². The predicted octanol–water partition coefficient (Wildman–Crippen LogP) is -1.20. The zero-order chi connectivity index (χ0) is 16.6. The van der Waals surface area contributed by atoms with E-state index in [1.54, 1.807) is 11.3 Å². The zero-order valence-corrected chi connectivity index (χ0v) is 14.6. The minimum atomic E-state index is -0.0198. The number of nitriles is 1. The highest BCUT2D eigenvalue weighted by Gasteiger charge is 2.27. The summed E-state index contributed by atoms with van der Waals surface area (Å²) in [5, 5.41) is 9.76. The molecular formula is C16H23N5OS+2. The van der Waals surface area contributed by atoms with Gasteiger partial charge in [-0.1, -0.05) is 0 Å². The van der Waals surface area contributed by atoms with E-state index in [1.807, 2.05) is 20.8 Å². The van der Waals surface area contributed by atoms with Gasteiger partial charge in [-0.15, -0.1) is 11.3 Å². The summed E-state index contributed by atoms with van der Waals surface area (Å²) in [5.41, 5.74) is 1.02. The number of hydrogen-bond acceptors (Lipinski definition) is 4. The molecule has 3 heterocycles. The van der Waals surface area contributed by atoms with Crippen LogP contribution < -0.4 is 15.4 Å². The second kappa shape index (κ2) is 6.40. The zero-order valence-electron chi connectivity index (χ0n) is 13.8. The maximum absolute atomic E-state index is 12.3. The number of thiophene rings is 1. The van der Waals surface area contributed by atoms with E-state index >= 15 is 0 Å². The summed E-state index contributed by atoms with van der Waals surface area (Å²) in [5.74, 6) is 0.774. The summed E-state index contributed by atoms with van der Waals surface area (Å²) >= 11 is 1.60. The molecule has 122 valence electrons. The maximum atomic E-state index is 12.3. The minimum absolute atomic E-state index is 0.0198. The van der Waals surface area contributed by atoms with Crippen molar-refractivity contribution in [1.82, 2.24) is 9.97 Å². The molecular weight excluding hydrogens is 310 g/mol. The molecule has 7 heteroatoms. The number of rotatable bonds is 3. The first-order valence-corrected chi connectivity index (χ1v) is 8.88. The average Bonchev–Trinajstić information content (AvgIpc) is 2.82. The van der Waals surface area contributed by atoms with Gasteiger partial charge in [-0.3, -0.25) is 4.79 Å². The molecule has 0 aliphatic carbocycles. The fourth-order valence-corrected chi connectivity index (χ4v) is 4.29. The van der Waals surface area contributed by atoms with Crippen molar-refractivity contribution in [1.29, 1.82) is 5.26 Å². The molecule has 0 spiro atoms. The Bertz CT molecular complexity index is 810. The van der Waals surface area contributed by atoms with Crippen molar-refractivity contribution in [2.24, 2.45) is 0 Å². The Morgan fingerprint density at radius 1 is 1.35 bits per heavy atom. The van der Waals surface area contributed by atoms with Gasteiger partial charge < -0.3 is 14.8 Å². The number of piperazine rings is 1. The molecule has 1 saturated heterocycles. The van der Waals surface area contributed by atoms with E-state index in [0.717, 1.165) is 59.2 Å². The molecule has 0 bridgehead atoms. The fourth-order valence-electron chi connectivity index (χ4n) is 3.25. The molecule has 1 aliphatic heterocycles. The minimum Gasteiger partial charge on any atom is -0.319 e. The van der Waals surface area contributed by atoms with Gasteiger partial charge in [0.1, 0.15) is 43.6 Å². The molecule has 23 heavy (non-hydrogen) atoms. The maximum Gasteiger partial charge on any atom is 0.260 e. The van der Waals surface area contributed by atoms with Crippen molar-refractivity contribution >= 4 is 21.6 Å². The van der Waals surface area contributed by atoms with Gasteiger partial charge in [-0.2, -0.15) is 5.26 Å². The lowest BCUT2D eigenvalue weighted by Crippen LogP contribution is -3.29. The van der Waals surface area contributed by atoms with E-state index in [0.29, 0.717) is 0 Å². The first kappa shape index (κ1) is 16.1. The van der Waals surface area contributed by atoms with Gasteiger partial charge in [-0.25, -0.2) is 4.98 Å². The largest absolute Gasteiger partial charge is 0.319 e. The lowest BCUT2D eigenvalue weighted by Gasteiger charge is -2.30. The van der Waals surface area contributed by atoms with Crippen LogP contribution >= 0.6 is 11.3 Å². The number of aromatic amines is 1. The molecule has 3 N–H and O–H groups in total. The van der Waals surface area contributed by atoms with Crippen LogP contribution in [0.2, 0.25) is 0 Å². The molecule has 2 aromatic rings. The smallest absolute Gasteiger partial charge is 0.260 e. The van der Waals surface area contributed by atoms with Crippen molar-refractivity contribution < 1.29 is 9.80 Å². The number of fused-ring (bicyclic) bond motifs is 1. The van der Waals surface area contributed by atoms with Crippen molar-refractivity contribution in [2.45, 2.75) is 33.4 Å². The third kappa shape index (κ3) is 3.15. The second-order valence-corrected chi connectivity index (χ2v) is 7.62. The van der Waals surface area contributed by atoms with Crippen LogP contribution in [0.1, 0.15) is 23.2 Å². The molecule has 1 fully saturated rings. The van der Waals surface area contributed by atoms with Gasteiger partial charge in [0.15, 0.2) is 11.9 Å². The van der Waals surface area contributed by atoms with E-state index in [1.165, 1.54) is 9.80 Å². The number of aromatic nitrogens is 2. The molecule has 0 unspecified atom stereocenters. The molecule has 0 amide bonds. The highest BCUT2D eigenvalue weighted by Crippen LogP contribution is 2.25. The van der Waals surface area contributed by atoms with Crippen molar-refractivity contribution in [3.63, 3.8) is 0 Å². The predicted molar refractivity (Wildman–Crippen MR) is 89.9 cm³/mol. The number of nitrogens with zero attached hydrogens (tertiary/aromatic N) is 2. The van der Waals surface area contributed by atoms with E-state index in [-0.39, 0.29) is 11.6 Å². The third-order valence-electron chi connectivity index (χ3n) is 4.91. The monoisotopic (exact) mass is 333 g/mol. The SMILES string of the molecule is Cc1sc2nc(C[NH+]3CC[NH+]([C@H](C)C#N)CC3)[nH]c(=O)c2c1C. The van der Waals surface area contributed by atoms with Crippen LogP contribution in [0.15, 0.2) is 4.79 Å². The lowest BCUT2D eigenvalue weighted by molar-refractivity contribution is -1.03. The Morgan fingerprint density at radius 3 is 2.70 bits per heavy atom. The molecule has 0 aromatic carbocycles. The molecule has 3 rings (SSSR count). The highest BCUT2D eigenvalue weighted by molar-refractivity contribution is 7.18. The van der Waals surface area contributed by atoms with Crippen molar-refractivity contribution in [3.8, 4) is 6.07 Å². The van der Waals surface area contributed by atoms with Crippen LogP contribution in [0, 0.1) is 25.2 Å². The van der Waals surface area contributed by atoms with Crippen molar-refractivity contribution in [2.75, 3.05) is 26.2 Å². The first-order valence-electron chi connectivity index (χ1n) is 8.06. The lowest BCUT2D eigenvalue weighted by atomic mass is 10.2. The van der Waals surface area contributed by atoms with Crippen LogP contribution in [0.4, 0.5) is 0 Å².